The predicted molar refractivity (Wildman–Crippen MR) is 129 cm³/mol. The second-order valence-corrected chi connectivity index (χ2v) is 8.64. The molecule has 4 aromatic rings. The number of aliphatic hydroxyl groups is 1. The van der Waals surface area contributed by atoms with Crippen LogP contribution in [0.25, 0.3) is 22.6 Å². The molecule has 0 radical (unpaired) electrons. The molecule has 35 heavy (non-hydrogen) atoms. The Morgan fingerprint density at radius 3 is 2.60 bits per heavy atom. The number of aliphatic hydroxyl groups excluding tert-OH is 1. The SMILES string of the molecule is CC(C)n1cnnc1-c1cccc(N2Cc3ccc(-c4ccc(C(=O)O)c(CO)c4)cc3C2=O)n1. The van der Waals surface area contributed by atoms with E-state index in [9.17, 15) is 19.8 Å². The molecule has 9 heteroatoms. The number of pyridine rings is 1. The first-order valence-electron chi connectivity index (χ1n) is 11.2. The predicted octanol–water partition coefficient (Wildman–Crippen LogP) is 3.94. The van der Waals surface area contributed by atoms with Gasteiger partial charge in [-0.1, -0.05) is 24.3 Å². The highest BCUT2D eigenvalue weighted by atomic mass is 16.4. The van der Waals surface area contributed by atoms with Gasteiger partial charge in [-0.25, -0.2) is 9.78 Å². The Morgan fingerprint density at radius 1 is 1.09 bits per heavy atom. The zero-order chi connectivity index (χ0) is 24.7. The van der Waals surface area contributed by atoms with Gasteiger partial charge < -0.3 is 14.8 Å². The van der Waals surface area contributed by atoms with Gasteiger partial charge in [-0.05, 0) is 66.4 Å². The molecule has 5 rings (SSSR count). The van der Waals surface area contributed by atoms with Gasteiger partial charge >= 0.3 is 5.97 Å². The van der Waals surface area contributed by atoms with Crippen LogP contribution in [-0.2, 0) is 13.2 Å². The van der Waals surface area contributed by atoms with Crippen LogP contribution in [0, 0.1) is 0 Å². The number of aromatic carboxylic acids is 1. The van der Waals surface area contributed by atoms with E-state index in [2.05, 4.69) is 10.2 Å². The highest BCUT2D eigenvalue weighted by molar-refractivity contribution is 6.10. The molecule has 0 saturated heterocycles. The topological polar surface area (TPSA) is 121 Å². The third-order valence-electron chi connectivity index (χ3n) is 6.12. The second-order valence-electron chi connectivity index (χ2n) is 8.64. The number of carboxylic acid groups (broad SMARTS) is 1. The maximum absolute atomic E-state index is 13.4. The number of carbonyl (C=O) groups excluding carboxylic acids is 1. The first kappa shape index (κ1) is 22.4. The molecule has 0 aliphatic carbocycles. The molecule has 0 spiro atoms. The van der Waals surface area contributed by atoms with Crippen molar-refractivity contribution in [3.05, 3.63) is 83.2 Å². The maximum Gasteiger partial charge on any atom is 0.336 e. The van der Waals surface area contributed by atoms with E-state index in [4.69, 9.17) is 4.98 Å². The molecule has 1 amide bonds. The van der Waals surface area contributed by atoms with E-state index in [1.54, 1.807) is 35.5 Å². The molecule has 0 atom stereocenters. The van der Waals surface area contributed by atoms with Crippen LogP contribution in [0.15, 0.2) is 60.9 Å². The Morgan fingerprint density at radius 2 is 1.86 bits per heavy atom. The summed E-state index contributed by atoms with van der Waals surface area (Å²) in [4.78, 5) is 31.1. The normalized spacial score (nSPS) is 12.9. The van der Waals surface area contributed by atoms with Gasteiger partial charge in [0.05, 0.1) is 18.7 Å². The fourth-order valence-electron chi connectivity index (χ4n) is 4.28. The molecule has 0 fully saturated rings. The lowest BCUT2D eigenvalue weighted by Crippen LogP contribution is -2.24. The van der Waals surface area contributed by atoms with Crippen LogP contribution in [0.4, 0.5) is 5.82 Å². The number of amides is 1. The summed E-state index contributed by atoms with van der Waals surface area (Å²) in [5.41, 5.74) is 3.93. The van der Waals surface area contributed by atoms with E-state index in [1.807, 2.05) is 42.7 Å². The average molecular weight is 470 g/mol. The van der Waals surface area contributed by atoms with E-state index < -0.39 is 5.97 Å². The van der Waals surface area contributed by atoms with Crippen molar-refractivity contribution in [3.8, 4) is 22.6 Å². The van der Waals surface area contributed by atoms with E-state index in [1.165, 1.54) is 6.07 Å². The number of carboxylic acids is 1. The first-order valence-corrected chi connectivity index (χ1v) is 11.2. The van der Waals surface area contributed by atoms with Crippen molar-refractivity contribution in [1.29, 1.82) is 0 Å². The number of nitrogens with zero attached hydrogens (tertiary/aromatic N) is 5. The summed E-state index contributed by atoms with van der Waals surface area (Å²) in [5, 5.41) is 27.1. The summed E-state index contributed by atoms with van der Waals surface area (Å²) in [5.74, 6) is -0.0992. The number of aromatic nitrogens is 4. The monoisotopic (exact) mass is 469 g/mol. The molecule has 176 valence electrons. The lowest BCUT2D eigenvalue weighted by Gasteiger charge is -2.16. The van der Waals surface area contributed by atoms with Crippen molar-refractivity contribution in [2.75, 3.05) is 4.90 Å². The summed E-state index contributed by atoms with van der Waals surface area (Å²) >= 11 is 0. The molecule has 1 aliphatic heterocycles. The fourth-order valence-corrected chi connectivity index (χ4v) is 4.28. The van der Waals surface area contributed by atoms with Gasteiger partial charge in [-0.2, -0.15) is 0 Å². The maximum atomic E-state index is 13.4. The quantitative estimate of drug-likeness (QED) is 0.439. The van der Waals surface area contributed by atoms with E-state index in [0.29, 0.717) is 35.0 Å². The fraction of sp³-hybridized carbons (Fsp3) is 0.192. The van der Waals surface area contributed by atoms with Gasteiger partial charge in [0.15, 0.2) is 5.82 Å². The number of benzene rings is 2. The van der Waals surface area contributed by atoms with Crippen molar-refractivity contribution in [3.63, 3.8) is 0 Å². The zero-order valence-electron chi connectivity index (χ0n) is 19.2. The molecular formula is C26H23N5O4. The summed E-state index contributed by atoms with van der Waals surface area (Å²) in [6, 6.07) is 16.0. The highest BCUT2D eigenvalue weighted by Gasteiger charge is 2.30. The van der Waals surface area contributed by atoms with Gasteiger partial charge in [0.1, 0.15) is 17.8 Å². The molecule has 2 aromatic carbocycles. The van der Waals surface area contributed by atoms with Gasteiger partial charge in [-0.15, -0.1) is 10.2 Å². The lowest BCUT2D eigenvalue weighted by molar-refractivity contribution is 0.0693. The van der Waals surface area contributed by atoms with E-state index in [-0.39, 0.29) is 24.1 Å². The number of hydrogen-bond donors (Lipinski definition) is 2. The minimum Gasteiger partial charge on any atom is -0.478 e. The lowest BCUT2D eigenvalue weighted by atomic mass is 9.97. The summed E-state index contributed by atoms with van der Waals surface area (Å²) in [6.45, 7) is 4.07. The molecule has 2 aromatic heterocycles. The molecular weight excluding hydrogens is 446 g/mol. The van der Waals surface area contributed by atoms with Crippen LogP contribution in [-0.4, -0.2) is 41.8 Å². The van der Waals surface area contributed by atoms with Crippen LogP contribution < -0.4 is 4.90 Å². The standard InChI is InChI=1S/C26H23N5O4/c1-15(2)31-14-27-29-24(31)22-4-3-5-23(28-22)30-12-18-7-6-17(11-21(18)25(30)33)16-8-9-20(26(34)35)19(10-16)13-32/h3-11,14-15,32H,12-13H2,1-2H3,(H,34,35). The van der Waals surface area contributed by atoms with Crippen molar-refractivity contribution in [2.24, 2.45) is 0 Å². The Hall–Kier alpha value is -4.37. The molecule has 3 heterocycles. The zero-order valence-corrected chi connectivity index (χ0v) is 19.2. The van der Waals surface area contributed by atoms with Crippen LogP contribution in [0.5, 0.6) is 0 Å². The number of rotatable bonds is 6. The highest BCUT2D eigenvalue weighted by Crippen LogP contribution is 2.32. The second kappa shape index (κ2) is 8.77. The Bertz CT molecular complexity index is 1460. The van der Waals surface area contributed by atoms with Crippen LogP contribution >= 0.6 is 0 Å². The van der Waals surface area contributed by atoms with Gasteiger partial charge in [0.2, 0.25) is 0 Å². The van der Waals surface area contributed by atoms with Gasteiger partial charge in [-0.3, -0.25) is 9.69 Å². The van der Waals surface area contributed by atoms with E-state index >= 15 is 0 Å². The van der Waals surface area contributed by atoms with E-state index in [0.717, 1.165) is 16.7 Å². The number of fused-ring (bicyclic) bond motifs is 1. The molecule has 1 aliphatic rings. The smallest absolute Gasteiger partial charge is 0.336 e. The van der Waals surface area contributed by atoms with Crippen molar-refractivity contribution in [2.45, 2.75) is 33.0 Å². The Balaban J connectivity index is 1.46. The molecule has 0 saturated carbocycles. The molecule has 0 unspecified atom stereocenters. The van der Waals surface area contributed by atoms with Crippen molar-refractivity contribution < 1.29 is 19.8 Å². The van der Waals surface area contributed by atoms with Crippen LogP contribution in [0.3, 0.4) is 0 Å². The Labute approximate surface area is 201 Å². The summed E-state index contributed by atoms with van der Waals surface area (Å²) in [7, 11) is 0. The number of carbonyl (C=O) groups is 2. The van der Waals surface area contributed by atoms with Crippen molar-refractivity contribution in [1.82, 2.24) is 19.7 Å². The minimum absolute atomic E-state index is 0.0546. The summed E-state index contributed by atoms with van der Waals surface area (Å²) in [6.07, 6.45) is 1.66. The molecule has 0 bridgehead atoms. The van der Waals surface area contributed by atoms with Gasteiger partial charge in [0.25, 0.3) is 5.91 Å². The van der Waals surface area contributed by atoms with Gasteiger partial charge in [0, 0.05) is 11.6 Å². The van der Waals surface area contributed by atoms with Crippen molar-refractivity contribution >= 4 is 17.7 Å². The summed E-state index contributed by atoms with van der Waals surface area (Å²) < 4.78 is 1.93. The first-order chi connectivity index (χ1) is 16.9. The average Bonchev–Trinajstić information content (AvgIpc) is 3.49. The van der Waals surface area contributed by atoms with Crippen LogP contribution in [0.1, 0.15) is 51.7 Å². The molecule has 9 nitrogen and oxygen atoms in total. The minimum atomic E-state index is -1.10. The number of hydrogen-bond acceptors (Lipinski definition) is 6. The third kappa shape index (κ3) is 3.95. The Kier molecular flexibility index (Phi) is 5.62. The number of anilines is 1. The molecule has 2 N–H and O–H groups in total. The third-order valence-corrected chi connectivity index (χ3v) is 6.12. The van der Waals surface area contributed by atoms with Crippen LogP contribution in [0.2, 0.25) is 0 Å². The largest absolute Gasteiger partial charge is 0.478 e.